The summed E-state index contributed by atoms with van der Waals surface area (Å²) in [7, 11) is 0. The average molecular weight is 495 g/mol. The first kappa shape index (κ1) is 22.8. The SMILES string of the molecule is CCOc1ccc(-c2ccc(/C=C3\C(=N)N4N=C(N5CCCCC5)SC4=NC3=O)o2)c([N+](=O)[O-])c1. The van der Waals surface area contributed by atoms with Crippen molar-refractivity contribution < 1.29 is 18.9 Å². The van der Waals surface area contributed by atoms with Crippen LogP contribution in [-0.2, 0) is 4.79 Å². The Morgan fingerprint density at radius 1 is 1.23 bits per heavy atom. The third kappa shape index (κ3) is 4.44. The van der Waals surface area contributed by atoms with Crippen LogP contribution in [0.15, 0.2) is 50.4 Å². The number of hydrogen-bond acceptors (Lipinski definition) is 9. The van der Waals surface area contributed by atoms with E-state index in [0.29, 0.717) is 17.5 Å². The van der Waals surface area contributed by atoms with E-state index >= 15 is 0 Å². The topological polar surface area (TPSA) is 138 Å². The minimum absolute atomic E-state index is 0.0279. The standard InChI is InChI=1S/C23H22N6O5S/c1-2-33-14-6-8-16(18(13-14)29(31)32)19-9-7-15(34-19)12-17-20(24)28-22(25-21(17)30)35-23(26-28)27-10-4-3-5-11-27/h6-9,12-13,24H,2-5,10-11H2,1H3/b17-12+,24-20?. The number of nitro groups is 1. The van der Waals surface area contributed by atoms with E-state index in [0.717, 1.165) is 31.1 Å². The van der Waals surface area contributed by atoms with E-state index in [1.807, 2.05) is 0 Å². The number of carbonyl (C=O) groups excluding carboxylic acids is 1. The third-order valence-corrected chi connectivity index (χ3v) is 6.70. The van der Waals surface area contributed by atoms with E-state index in [-0.39, 0.29) is 34.2 Å². The second kappa shape index (κ2) is 9.37. The minimum atomic E-state index is -0.561. The number of fused-ring (bicyclic) bond motifs is 1. The molecule has 0 aliphatic carbocycles. The third-order valence-electron chi connectivity index (χ3n) is 5.73. The highest BCUT2D eigenvalue weighted by atomic mass is 32.2. The Hall–Kier alpha value is -3.93. The molecule has 3 aliphatic heterocycles. The summed E-state index contributed by atoms with van der Waals surface area (Å²) in [6.07, 6.45) is 4.76. The number of likely N-dealkylation sites (tertiary alicyclic amines) is 1. The number of furan rings is 1. The van der Waals surface area contributed by atoms with E-state index < -0.39 is 10.8 Å². The van der Waals surface area contributed by atoms with Gasteiger partial charge in [-0.3, -0.25) is 20.3 Å². The van der Waals surface area contributed by atoms with Crippen molar-refractivity contribution in [3.05, 3.63) is 51.8 Å². The van der Waals surface area contributed by atoms with Crippen LogP contribution in [0, 0.1) is 15.5 Å². The summed E-state index contributed by atoms with van der Waals surface area (Å²) in [5, 5.41) is 27.1. The summed E-state index contributed by atoms with van der Waals surface area (Å²) in [4.78, 5) is 30.1. The molecule has 0 spiro atoms. The average Bonchev–Trinajstić information content (AvgIpc) is 3.50. The highest BCUT2D eigenvalue weighted by Gasteiger charge is 2.37. The molecular weight excluding hydrogens is 472 g/mol. The van der Waals surface area contributed by atoms with Gasteiger partial charge in [0, 0.05) is 13.1 Å². The maximum absolute atomic E-state index is 12.7. The van der Waals surface area contributed by atoms with Crippen molar-refractivity contribution in [3.63, 3.8) is 0 Å². The molecule has 1 saturated heterocycles. The van der Waals surface area contributed by atoms with Crippen molar-refractivity contribution in [2.24, 2.45) is 10.1 Å². The highest BCUT2D eigenvalue weighted by molar-refractivity contribution is 8.26. The lowest BCUT2D eigenvalue weighted by Gasteiger charge is -2.26. The maximum Gasteiger partial charge on any atom is 0.284 e. The fourth-order valence-electron chi connectivity index (χ4n) is 4.04. The Morgan fingerprint density at radius 2 is 2.03 bits per heavy atom. The Bertz CT molecular complexity index is 1310. The van der Waals surface area contributed by atoms with Gasteiger partial charge in [0.2, 0.25) is 5.17 Å². The molecule has 0 atom stereocenters. The van der Waals surface area contributed by atoms with Crippen LogP contribution in [0.5, 0.6) is 5.75 Å². The number of amidine groups is 3. The lowest BCUT2D eigenvalue weighted by atomic mass is 10.1. The van der Waals surface area contributed by atoms with Gasteiger partial charge in [-0.1, -0.05) is 0 Å². The monoisotopic (exact) mass is 494 g/mol. The number of aliphatic imine (C=N–C) groups is 1. The number of rotatable bonds is 5. The number of hydrogen-bond donors (Lipinski definition) is 1. The zero-order valence-corrected chi connectivity index (χ0v) is 19.7. The van der Waals surface area contributed by atoms with E-state index in [1.54, 1.807) is 31.2 Å². The van der Waals surface area contributed by atoms with Crippen molar-refractivity contribution in [2.75, 3.05) is 19.7 Å². The molecule has 0 radical (unpaired) electrons. The zero-order valence-electron chi connectivity index (χ0n) is 18.9. The van der Waals surface area contributed by atoms with Crippen molar-refractivity contribution in [2.45, 2.75) is 26.2 Å². The van der Waals surface area contributed by atoms with Crippen LogP contribution in [0.1, 0.15) is 31.9 Å². The number of benzene rings is 1. The van der Waals surface area contributed by atoms with Crippen LogP contribution < -0.4 is 4.74 Å². The fourth-order valence-corrected chi connectivity index (χ4v) is 4.98. The van der Waals surface area contributed by atoms with Crippen molar-refractivity contribution >= 4 is 45.6 Å². The first-order valence-corrected chi connectivity index (χ1v) is 12.0. The molecule has 1 amide bonds. The lowest BCUT2D eigenvalue weighted by Crippen LogP contribution is -2.35. The molecular formula is C23H22N6O5S. The number of nitrogens with zero attached hydrogens (tertiary/aromatic N) is 5. The number of piperidine rings is 1. The molecule has 1 fully saturated rings. The number of hydrazone groups is 1. The second-order valence-corrected chi connectivity index (χ2v) is 8.96. The predicted molar refractivity (Wildman–Crippen MR) is 132 cm³/mol. The second-order valence-electron chi connectivity index (χ2n) is 8.02. The number of amides is 1. The van der Waals surface area contributed by atoms with Gasteiger partial charge < -0.3 is 14.1 Å². The zero-order chi connectivity index (χ0) is 24.5. The quantitative estimate of drug-likeness (QED) is 0.369. The van der Waals surface area contributed by atoms with Crippen LogP contribution in [-0.4, -0.2) is 56.6 Å². The minimum Gasteiger partial charge on any atom is -0.494 e. The Kier molecular flexibility index (Phi) is 6.12. The van der Waals surface area contributed by atoms with Gasteiger partial charge in [-0.2, -0.15) is 10.0 Å². The van der Waals surface area contributed by atoms with Gasteiger partial charge in [0.15, 0.2) is 11.0 Å². The summed E-state index contributed by atoms with van der Waals surface area (Å²) in [5.41, 5.74) is 0.147. The van der Waals surface area contributed by atoms with Crippen LogP contribution in [0.2, 0.25) is 0 Å². The van der Waals surface area contributed by atoms with E-state index in [9.17, 15) is 14.9 Å². The molecule has 4 heterocycles. The molecule has 3 aliphatic rings. The van der Waals surface area contributed by atoms with E-state index in [1.165, 1.54) is 35.3 Å². The summed E-state index contributed by atoms with van der Waals surface area (Å²) in [6.45, 7) is 3.97. The van der Waals surface area contributed by atoms with Gasteiger partial charge in [0.1, 0.15) is 17.3 Å². The first-order valence-electron chi connectivity index (χ1n) is 11.2. The highest BCUT2D eigenvalue weighted by Crippen LogP contribution is 2.35. The molecule has 5 rings (SSSR count). The van der Waals surface area contributed by atoms with Crippen LogP contribution in [0.3, 0.4) is 0 Å². The maximum atomic E-state index is 12.7. The molecule has 11 nitrogen and oxygen atoms in total. The number of ether oxygens (including phenoxy) is 1. The van der Waals surface area contributed by atoms with E-state index in [4.69, 9.17) is 14.6 Å². The summed E-state index contributed by atoms with van der Waals surface area (Å²) < 4.78 is 11.2. The Morgan fingerprint density at radius 3 is 2.77 bits per heavy atom. The van der Waals surface area contributed by atoms with Gasteiger partial charge in [0.25, 0.3) is 11.6 Å². The Labute approximate surface area is 204 Å². The molecule has 0 saturated carbocycles. The Balaban J connectivity index is 1.41. The summed E-state index contributed by atoms with van der Waals surface area (Å²) in [6, 6.07) is 7.70. The molecule has 0 unspecified atom stereocenters. The van der Waals surface area contributed by atoms with Crippen LogP contribution >= 0.6 is 11.8 Å². The molecule has 1 aromatic heterocycles. The summed E-state index contributed by atoms with van der Waals surface area (Å²) >= 11 is 1.29. The van der Waals surface area contributed by atoms with Gasteiger partial charge in [-0.25, -0.2) is 0 Å². The first-order chi connectivity index (χ1) is 16.9. The van der Waals surface area contributed by atoms with Crippen LogP contribution in [0.4, 0.5) is 5.69 Å². The van der Waals surface area contributed by atoms with Crippen LogP contribution in [0.25, 0.3) is 17.4 Å². The van der Waals surface area contributed by atoms with Gasteiger partial charge >= 0.3 is 0 Å². The molecule has 1 N–H and O–H groups in total. The lowest BCUT2D eigenvalue weighted by molar-refractivity contribution is -0.384. The van der Waals surface area contributed by atoms with Gasteiger partial charge in [-0.05, 0) is 68.3 Å². The van der Waals surface area contributed by atoms with Crippen molar-refractivity contribution in [1.29, 1.82) is 5.41 Å². The summed E-state index contributed by atoms with van der Waals surface area (Å²) in [5.74, 6) is 0.257. The molecule has 2 aromatic rings. The fraction of sp³-hybridized carbons (Fsp3) is 0.304. The largest absolute Gasteiger partial charge is 0.494 e. The predicted octanol–water partition coefficient (Wildman–Crippen LogP) is 4.32. The number of carbonyl (C=O) groups is 1. The smallest absolute Gasteiger partial charge is 0.284 e. The van der Waals surface area contributed by atoms with Crippen molar-refractivity contribution in [1.82, 2.24) is 9.91 Å². The van der Waals surface area contributed by atoms with Gasteiger partial charge in [-0.15, -0.1) is 5.10 Å². The molecule has 0 bridgehead atoms. The van der Waals surface area contributed by atoms with Crippen molar-refractivity contribution in [3.8, 4) is 17.1 Å². The molecule has 12 heteroatoms. The number of nitrogens with one attached hydrogen (secondary N) is 1. The number of nitro benzene ring substituents is 1. The number of thioether (sulfide) groups is 1. The molecule has 180 valence electrons. The molecule has 35 heavy (non-hydrogen) atoms. The van der Waals surface area contributed by atoms with Gasteiger partial charge in [0.05, 0.1) is 28.7 Å². The molecule has 1 aromatic carbocycles. The van der Waals surface area contributed by atoms with E-state index in [2.05, 4.69) is 15.0 Å². The normalized spacial score (nSPS) is 19.1.